The number of amides is 1. The van der Waals surface area contributed by atoms with E-state index >= 15 is 0 Å². The number of hydrogen-bond acceptors (Lipinski definition) is 4. The van der Waals surface area contributed by atoms with Gasteiger partial charge in [-0.15, -0.1) is 0 Å². The van der Waals surface area contributed by atoms with Crippen molar-refractivity contribution in [3.05, 3.63) is 70.3 Å². The molecule has 1 aliphatic carbocycles. The summed E-state index contributed by atoms with van der Waals surface area (Å²) in [6.45, 7) is 2.16. The van der Waals surface area contributed by atoms with Gasteiger partial charge in [0.2, 0.25) is 5.91 Å². The Morgan fingerprint density at radius 1 is 1.14 bits per heavy atom. The third-order valence-electron chi connectivity index (χ3n) is 6.04. The SMILES string of the molecule is Cc1ccc([C@@H]2[C@@H]3CCc4ccc(CO)cc4C3=NN2C(=O)CCCCO)cc1. The van der Waals surface area contributed by atoms with Crippen molar-refractivity contribution in [1.29, 1.82) is 0 Å². The molecular weight excluding hydrogens is 364 g/mol. The number of hydrazone groups is 1. The van der Waals surface area contributed by atoms with Gasteiger partial charge in [0.05, 0.1) is 18.4 Å². The molecule has 1 aliphatic heterocycles. The number of nitrogens with zero attached hydrogens (tertiary/aromatic N) is 2. The van der Waals surface area contributed by atoms with Gasteiger partial charge in [-0.1, -0.05) is 42.0 Å². The molecule has 0 saturated heterocycles. The third-order valence-corrected chi connectivity index (χ3v) is 6.04. The van der Waals surface area contributed by atoms with Gasteiger partial charge in [-0.25, -0.2) is 5.01 Å². The highest BCUT2D eigenvalue weighted by Crippen LogP contribution is 2.44. The summed E-state index contributed by atoms with van der Waals surface area (Å²) >= 11 is 0. The molecule has 0 bridgehead atoms. The number of benzene rings is 2. The van der Waals surface area contributed by atoms with E-state index in [-0.39, 0.29) is 31.1 Å². The fourth-order valence-corrected chi connectivity index (χ4v) is 4.46. The smallest absolute Gasteiger partial charge is 0.243 e. The van der Waals surface area contributed by atoms with E-state index in [0.717, 1.165) is 35.2 Å². The fraction of sp³-hybridized carbons (Fsp3) is 0.417. The van der Waals surface area contributed by atoms with Crippen molar-refractivity contribution < 1.29 is 15.0 Å². The van der Waals surface area contributed by atoms with Gasteiger partial charge in [0.25, 0.3) is 0 Å². The second kappa shape index (κ2) is 8.47. The molecule has 0 saturated carbocycles. The summed E-state index contributed by atoms with van der Waals surface area (Å²) in [6.07, 6.45) is 3.56. The van der Waals surface area contributed by atoms with Crippen LogP contribution in [0.1, 0.15) is 59.5 Å². The predicted molar refractivity (Wildman–Crippen MR) is 112 cm³/mol. The van der Waals surface area contributed by atoms with Crippen LogP contribution in [0.15, 0.2) is 47.6 Å². The largest absolute Gasteiger partial charge is 0.396 e. The molecule has 2 atom stereocenters. The number of hydrogen-bond donors (Lipinski definition) is 2. The van der Waals surface area contributed by atoms with E-state index in [1.165, 1.54) is 11.1 Å². The summed E-state index contributed by atoms with van der Waals surface area (Å²) in [6, 6.07) is 14.3. The Balaban J connectivity index is 1.72. The van der Waals surface area contributed by atoms with Crippen molar-refractivity contribution in [3.8, 4) is 0 Å². The molecule has 2 N–H and O–H groups in total. The van der Waals surface area contributed by atoms with E-state index in [1.807, 2.05) is 12.1 Å². The van der Waals surface area contributed by atoms with E-state index < -0.39 is 0 Å². The molecule has 1 heterocycles. The second-order valence-electron chi connectivity index (χ2n) is 8.05. The van der Waals surface area contributed by atoms with Gasteiger partial charge in [0.1, 0.15) is 0 Å². The Morgan fingerprint density at radius 3 is 2.66 bits per heavy atom. The first kappa shape index (κ1) is 19.8. The van der Waals surface area contributed by atoms with Crippen molar-refractivity contribution in [2.75, 3.05) is 6.61 Å². The van der Waals surface area contributed by atoms with Crippen LogP contribution in [0.3, 0.4) is 0 Å². The molecule has 2 aromatic rings. The Morgan fingerprint density at radius 2 is 1.93 bits per heavy atom. The first-order chi connectivity index (χ1) is 14.1. The third kappa shape index (κ3) is 3.85. The predicted octanol–water partition coefficient (Wildman–Crippen LogP) is 3.50. The molecule has 0 radical (unpaired) electrons. The first-order valence-electron chi connectivity index (χ1n) is 10.4. The number of aliphatic hydroxyl groups excluding tert-OH is 2. The summed E-state index contributed by atoms with van der Waals surface area (Å²) in [5, 5.41) is 25.2. The van der Waals surface area contributed by atoms with E-state index in [0.29, 0.717) is 19.3 Å². The minimum absolute atomic E-state index is 0.00355. The topological polar surface area (TPSA) is 73.1 Å². The lowest BCUT2D eigenvalue weighted by Crippen LogP contribution is -2.32. The average Bonchev–Trinajstić information content (AvgIpc) is 3.14. The maximum absolute atomic E-state index is 13.0. The summed E-state index contributed by atoms with van der Waals surface area (Å²) < 4.78 is 0. The molecule has 4 rings (SSSR count). The normalized spacial score (nSPS) is 20.2. The lowest BCUT2D eigenvalue weighted by Gasteiger charge is -2.30. The Kier molecular flexibility index (Phi) is 5.79. The molecule has 2 aliphatic rings. The Hall–Kier alpha value is -2.50. The fourth-order valence-electron chi connectivity index (χ4n) is 4.46. The van der Waals surface area contributed by atoms with Crippen LogP contribution in [0.25, 0.3) is 0 Å². The number of aryl methyl sites for hydroxylation is 2. The maximum Gasteiger partial charge on any atom is 0.243 e. The lowest BCUT2D eigenvalue weighted by molar-refractivity contribution is -0.133. The Labute approximate surface area is 171 Å². The number of unbranched alkanes of at least 4 members (excludes halogenated alkanes) is 1. The van der Waals surface area contributed by atoms with Crippen LogP contribution in [-0.4, -0.2) is 33.4 Å². The molecule has 29 heavy (non-hydrogen) atoms. The van der Waals surface area contributed by atoms with Gasteiger partial charge in [-0.05, 0) is 55.4 Å². The summed E-state index contributed by atoms with van der Waals surface area (Å²) in [5.74, 6) is 0.159. The zero-order valence-electron chi connectivity index (χ0n) is 16.8. The number of carbonyl (C=O) groups excluding carboxylic acids is 1. The minimum Gasteiger partial charge on any atom is -0.396 e. The molecule has 0 spiro atoms. The lowest BCUT2D eigenvalue weighted by atomic mass is 9.77. The molecule has 0 aromatic heterocycles. The zero-order valence-corrected chi connectivity index (χ0v) is 16.8. The number of aliphatic hydroxyl groups is 2. The first-order valence-corrected chi connectivity index (χ1v) is 10.4. The summed E-state index contributed by atoms with van der Waals surface area (Å²) in [7, 11) is 0. The number of fused-ring (bicyclic) bond motifs is 3. The van der Waals surface area contributed by atoms with Crippen LogP contribution < -0.4 is 0 Å². The molecule has 0 unspecified atom stereocenters. The number of carbonyl (C=O) groups is 1. The second-order valence-corrected chi connectivity index (χ2v) is 8.05. The van der Waals surface area contributed by atoms with Gasteiger partial charge in [-0.3, -0.25) is 4.79 Å². The standard InChI is InChI=1S/C24H28N2O3/c1-16-5-8-19(9-6-16)24-20-12-11-18-10-7-17(15-28)14-21(18)23(20)25-26(24)22(29)4-2-3-13-27/h5-10,14,20,24,27-28H,2-4,11-13,15H2,1H3/t20-,24-/m1/s1. The molecule has 2 aromatic carbocycles. The maximum atomic E-state index is 13.0. The van der Waals surface area contributed by atoms with Crippen molar-refractivity contribution in [2.24, 2.45) is 11.0 Å². The van der Waals surface area contributed by atoms with Crippen LogP contribution in [0.2, 0.25) is 0 Å². The molecule has 1 amide bonds. The minimum atomic E-state index is -0.0989. The summed E-state index contributed by atoms with van der Waals surface area (Å²) in [5.41, 5.74) is 6.42. The van der Waals surface area contributed by atoms with Gasteiger partial charge in [0.15, 0.2) is 0 Å². The van der Waals surface area contributed by atoms with E-state index in [1.54, 1.807) is 5.01 Å². The summed E-state index contributed by atoms with van der Waals surface area (Å²) in [4.78, 5) is 13.0. The molecule has 0 fully saturated rings. The van der Waals surface area contributed by atoms with Gasteiger partial charge < -0.3 is 10.2 Å². The van der Waals surface area contributed by atoms with Gasteiger partial charge >= 0.3 is 0 Å². The van der Waals surface area contributed by atoms with Gasteiger partial charge in [-0.2, -0.15) is 5.10 Å². The van der Waals surface area contributed by atoms with E-state index in [2.05, 4.69) is 37.3 Å². The van der Waals surface area contributed by atoms with Crippen LogP contribution in [0, 0.1) is 12.8 Å². The molecule has 5 nitrogen and oxygen atoms in total. The van der Waals surface area contributed by atoms with E-state index in [4.69, 9.17) is 10.2 Å². The van der Waals surface area contributed by atoms with Crippen molar-refractivity contribution >= 4 is 11.6 Å². The average molecular weight is 392 g/mol. The Bertz CT molecular complexity index is 920. The van der Waals surface area contributed by atoms with Gasteiger partial charge in [0, 0.05) is 24.5 Å². The zero-order chi connectivity index (χ0) is 20.4. The van der Waals surface area contributed by atoms with Crippen molar-refractivity contribution in [1.82, 2.24) is 5.01 Å². The van der Waals surface area contributed by atoms with Crippen LogP contribution >= 0.6 is 0 Å². The van der Waals surface area contributed by atoms with Crippen LogP contribution in [0.4, 0.5) is 0 Å². The highest BCUT2D eigenvalue weighted by Gasteiger charge is 2.43. The quantitative estimate of drug-likeness (QED) is 0.739. The van der Waals surface area contributed by atoms with Crippen molar-refractivity contribution in [3.63, 3.8) is 0 Å². The molecular formula is C24H28N2O3. The highest BCUT2D eigenvalue weighted by molar-refractivity contribution is 6.07. The van der Waals surface area contributed by atoms with Crippen LogP contribution in [0.5, 0.6) is 0 Å². The number of rotatable bonds is 6. The molecule has 5 heteroatoms. The monoisotopic (exact) mass is 392 g/mol. The van der Waals surface area contributed by atoms with Crippen LogP contribution in [-0.2, 0) is 17.8 Å². The van der Waals surface area contributed by atoms with Crippen molar-refractivity contribution in [2.45, 2.75) is 51.7 Å². The van der Waals surface area contributed by atoms with E-state index in [9.17, 15) is 9.90 Å². The molecule has 152 valence electrons. The highest BCUT2D eigenvalue weighted by atomic mass is 16.3.